The zero-order valence-corrected chi connectivity index (χ0v) is 10.4. The molecule has 1 aliphatic heterocycles. The molecule has 1 aliphatic rings. The van der Waals surface area contributed by atoms with E-state index in [1.165, 1.54) is 5.56 Å². The van der Waals surface area contributed by atoms with Gasteiger partial charge in [0.25, 0.3) is 0 Å². The van der Waals surface area contributed by atoms with Gasteiger partial charge in [0.1, 0.15) is 0 Å². The highest BCUT2D eigenvalue weighted by molar-refractivity contribution is 5.35. The molecule has 1 saturated heterocycles. The lowest BCUT2D eigenvalue weighted by Crippen LogP contribution is -2.28. The van der Waals surface area contributed by atoms with Gasteiger partial charge in [0.15, 0.2) is 0 Å². The minimum Gasteiger partial charge on any atom is -0.340 e. The fourth-order valence-electron chi connectivity index (χ4n) is 2.34. The molecule has 0 spiro atoms. The van der Waals surface area contributed by atoms with Gasteiger partial charge in [-0.15, -0.1) is 0 Å². The number of rotatable bonds is 2. The Morgan fingerprint density at radius 3 is 1.94 bits per heavy atom. The third-order valence-electron chi connectivity index (χ3n) is 3.28. The van der Waals surface area contributed by atoms with E-state index < -0.39 is 5.79 Å². The van der Waals surface area contributed by atoms with E-state index in [9.17, 15) is 0 Å². The van der Waals surface area contributed by atoms with Crippen LogP contribution in [0.1, 0.15) is 16.7 Å². The molecular formula is C16H16O2. The fourth-order valence-corrected chi connectivity index (χ4v) is 2.34. The van der Waals surface area contributed by atoms with Crippen LogP contribution in [-0.4, -0.2) is 13.2 Å². The molecule has 2 aromatic carbocycles. The Balaban J connectivity index is 2.10. The summed E-state index contributed by atoms with van der Waals surface area (Å²) in [7, 11) is 0. The Morgan fingerprint density at radius 1 is 0.778 bits per heavy atom. The van der Waals surface area contributed by atoms with Gasteiger partial charge in [-0.25, -0.2) is 0 Å². The summed E-state index contributed by atoms with van der Waals surface area (Å²) in [5.74, 6) is -0.727. The number of ether oxygens (including phenoxy) is 2. The molecule has 0 bridgehead atoms. The number of benzene rings is 2. The highest BCUT2D eigenvalue weighted by atomic mass is 16.7. The molecule has 0 radical (unpaired) electrons. The van der Waals surface area contributed by atoms with Crippen LogP contribution in [0.3, 0.4) is 0 Å². The zero-order chi connectivity index (χ0) is 12.4. The number of aryl methyl sites for hydroxylation is 1. The van der Waals surface area contributed by atoms with Crippen molar-refractivity contribution in [3.05, 3.63) is 71.3 Å². The maximum Gasteiger partial charge on any atom is 0.222 e. The Labute approximate surface area is 107 Å². The van der Waals surface area contributed by atoms with Crippen LogP contribution in [0, 0.1) is 6.92 Å². The van der Waals surface area contributed by atoms with Gasteiger partial charge >= 0.3 is 0 Å². The largest absolute Gasteiger partial charge is 0.340 e. The van der Waals surface area contributed by atoms with Crippen molar-refractivity contribution in [3.63, 3.8) is 0 Å². The van der Waals surface area contributed by atoms with Gasteiger partial charge in [-0.3, -0.25) is 0 Å². The molecule has 0 aromatic heterocycles. The van der Waals surface area contributed by atoms with E-state index >= 15 is 0 Å². The zero-order valence-electron chi connectivity index (χ0n) is 10.4. The minimum atomic E-state index is -0.727. The Bertz CT molecular complexity index is 511. The van der Waals surface area contributed by atoms with E-state index in [2.05, 4.69) is 31.2 Å². The van der Waals surface area contributed by atoms with E-state index in [4.69, 9.17) is 9.47 Å². The van der Waals surface area contributed by atoms with Crippen LogP contribution in [0.25, 0.3) is 0 Å². The third kappa shape index (κ3) is 1.84. The molecule has 2 heteroatoms. The lowest BCUT2D eigenvalue weighted by molar-refractivity contribution is -0.129. The second-order valence-corrected chi connectivity index (χ2v) is 4.55. The molecule has 0 aliphatic carbocycles. The number of hydrogen-bond acceptors (Lipinski definition) is 2. The van der Waals surface area contributed by atoms with Gasteiger partial charge in [-0.1, -0.05) is 60.2 Å². The van der Waals surface area contributed by atoms with Gasteiger partial charge in [0.2, 0.25) is 5.79 Å². The molecule has 0 unspecified atom stereocenters. The van der Waals surface area contributed by atoms with Gasteiger partial charge in [-0.05, 0) is 6.92 Å². The molecule has 1 fully saturated rings. The molecule has 18 heavy (non-hydrogen) atoms. The first-order valence-corrected chi connectivity index (χ1v) is 6.22. The molecule has 0 atom stereocenters. The highest BCUT2D eigenvalue weighted by Crippen LogP contribution is 2.38. The molecule has 2 nitrogen and oxygen atoms in total. The highest BCUT2D eigenvalue weighted by Gasteiger charge is 2.40. The van der Waals surface area contributed by atoms with E-state index in [1.807, 2.05) is 30.3 Å². The van der Waals surface area contributed by atoms with Crippen LogP contribution in [0.5, 0.6) is 0 Å². The maximum atomic E-state index is 5.93. The van der Waals surface area contributed by atoms with Crippen LogP contribution >= 0.6 is 0 Å². The van der Waals surface area contributed by atoms with Crippen molar-refractivity contribution in [2.45, 2.75) is 12.7 Å². The maximum absolute atomic E-state index is 5.93. The van der Waals surface area contributed by atoms with Crippen LogP contribution in [-0.2, 0) is 15.3 Å². The van der Waals surface area contributed by atoms with Crippen LogP contribution < -0.4 is 0 Å². The summed E-state index contributed by atoms with van der Waals surface area (Å²) in [4.78, 5) is 0. The van der Waals surface area contributed by atoms with Crippen LogP contribution in [0.15, 0.2) is 54.6 Å². The number of hydrogen-bond donors (Lipinski definition) is 0. The monoisotopic (exact) mass is 240 g/mol. The Morgan fingerprint density at radius 2 is 1.33 bits per heavy atom. The average Bonchev–Trinajstić information content (AvgIpc) is 2.91. The topological polar surface area (TPSA) is 18.5 Å². The van der Waals surface area contributed by atoms with E-state index in [0.29, 0.717) is 13.2 Å². The molecule has 92 valence electrons. The smallest absolute Gasteiger partial charge is 0.222 e. The van der Waals surface area contributed by atoms with Crippen molar-refractivity contribution < 1.29 is 9.47 Å². The summed E-state index contributed by atoms with van der Waals surface area (Å²) in [5.41, 5.74) is 3.34. The molecule has 0 amide bonds. The summed E-state index contributed by atoms with van der Waals surface area (Å²) in [5, 5.41) is 0. The second-order valence-electron chi connectivity index (χ2n) is 4.55. The predicted molar refractivity (Wildman–Crippen MR) is 70.3 cm³/mol. The van der Waals surface area contributed by atoms with E-state index in [1.54, 1.807) is 0 Å². The Kier molecular flexibility index (Phi) is 2.90. The molecule has 2 aromatic rings. The molecule has 1 heterocycles. The summed E-state index contributed by atoms with van der Waals surface area (Å²) >= 11 is 0. The third-order valence-corrected chi connectivity index (χ3v) is 3.28. The van der Waals surface area contributed by atoms with Crippen molar-refractivity contribution >= 4 is 0 Å². The fraction of sp³-hybridized carbons (Fsp3) is 0.250. The average molecular weight is 240 g/mol. The Hall–Kier alpha value is -1.64. The minimum absolute atomic E-state index is 0.628. The molecule has 3 rings (SSSR count). The first-order valence-electron chi connectivity index (χ1n) is 6.22. The summed E-state index contributed by atoms with van der Waals surface area (Å²) < 4.78 is 11.9. The molecule has 0 N–H and O–H groups in total. The van der Waals surface area contributed by atoms with E-state index in [0.717, 1.165) is 11.1 Å². The van der Waals surface area contributed by atoms with E-state index in [-0.39, 0.29) is 0 Å². The molecular weight excluding hydrogens is 224 g/mol. The standard InChI is InChI=1S/C16H16O2/c1-13-7-9-15(10-8-13)16(17-11-12-18-16)14-5-3-2-4-6-14/h2-10H,11-12H2,1H3. The predicted octanol–water partition coefficient (Wildman–Crippen LogP) is 3.24. The first-order chi connectivity index (χ1) is 8.81. The van der Waals surface area contributed by atoms with Gasteiger partial charge in [0, 0.05) is 11.1 Å². The second kappa shape index (κ2) is 4.56. The molecule has 0 saturated carbocycles. The summed E-state index contributed by atoms with van der Waals surface area (Å²) in [6.45, 7) is 3.33. The van der Waals surface area contributed by atoms with Crippen molar-refractivity contribution in [2.24, 2.45) is 0 Å². The quantitative estimate of drug-likeness (QED) is 0.802. The summed E-state index contributed by atoms with van der Waals surface area (Å²) in [6.07, 6.45) is 0. The van der Waals surface area contributed by atoms with Crippen molar-refractivity contribution in [1.82, 2.24) is 0 Å². The lowest BCUT2D eigenvalue weighted by atomic mass is 9.96. The normalized spacial score (nSPS) is 17.8. The lowest BCUT2D eigenvalue weighted by Gasteiger charge is -2.28. The summed E-state index contributed by atoms with van der Waals surface area (Å²) in [6, 6.07) is 18.4. The van der Waals surface area contributed by atoms with Crippen molar-refractivity contribution in [1.29, 1.82) is 0 Å². The van der Waals surface area contributed by atoms with Crippen molar-refractivity contribution in [2.75, 3.05) is 13.2 Å². The van der Waals surface area contributed by atoms with Crippen LogP contribution in [0.4, 0.5) is 0 Å². The van der Waals surface area contributed by atoms with Gasteiger partial charge in [-0.2, -0.15) is 0 Å². The van der Waals surface area contributed by atoms with Gasteiger partial charge < -0.3 is 9.47 Å². The van der Waals surface area contributed by atoms with Crippen LogP contribution in [0.2, 0.25) is 0 Å². The first kappa shape index (κ1) is 11.5. The van der Waals surface area contributed by atoms with Gasteiger partial charge in [0.05, 0.1) is 13.2 Å². The van der Waals surface area contributed by atoms with Crippen molar-refractivity contribution in [3.8, 4) is 0 Å². The SMILES string of the molecule is Cc1ccc(C2(c3ccccc3)OCCO2)cc1.